The quantitative estimate of drug-likeness (QED) is 0.580. The molecule has 2 heteroatoms. The minimum Gasteiger partial charge on any atom is -0.400 e. The van der Waals surface area contributed by atoms with E-state index >= 15 is 0 Å². The van der Waals surface area contributed by atoms with Gasteiger partial charge in [0, 0.05) is 12.8 Å². The van der Waals surface area contributed by atoms with Crippen LogP contribution in [0.2, 0.25) is 0 Å². The minimum absolute atomic E-state index is 0.0556. The Kier molecular flexibility index (Phi) is 3.28. The lowest BCUT2D eigenvalue weighted by Crippen LogP contribution is -2.15. The first-order chi connectivity index (χ1) is 3.72. The number of nitrogens with two attached hydrogens (primary N) is 1. The molecule has 0 saturated carbocycles. The zero-order valence-corrected chi connectivity index (χ0v) is 5.64. The fourth-order valence-electron chi connectivity index (χ4n) is 0.371. The van der Waals surface area contributed by atoms with Crippen molar-refractivity contribution in [2.75, 3.05) is 7.11 Å². The summed E-state index contributed by atoms with van der Waals surface area (Å²) in [6.07, 6.45) is 1.90. The van der Waals surface area contributed by atoms with Gasteiger partial charge in [-0.3, -0.25) is 0 Å². The number of rotatable bonds is 2. The van der Waals surface area contributed by atoms with Gasteiger partial charge in [-0.25, -0.2) is 0 Å². The van der Waals surface area contributed by atoms with Crippen LogP contribution in [0.25, 0.3) is 0 Å². The van der Waals surface area contributed by atoms with Crippen LogP contribution in [0, 0.1) is 0 Å². The van der Waals surface area contributed by atoms with E-state index in [1.54, 1.807) is 7.11 Å². The van der Waals surface area contributed by atoms with E-state index in [1.807, 2.05) is 19.9 Å². The molecule has 0 spiro atoms. The molecule has 0 aromatic heterocycles. The second-order valence-electron chi connectivity index (χ2n) is 1.67. The molecular formula is C6H13NO. The number of methoxy groups -OCH3 is 1. The lowest BCUT2D eigenvalue weighted by molar-refractivity contribution is 0.145. The molecule has 1 atom stereocenters. The molecule has 2 nitrogen and oxygen atoms in total. The first-order valence-corrected chi connectivity index (χ1v) is 2.66. The second kappa shape index (κ2) is 3.50. The molecule has 8 heavy (non-hydrogen) atoms. The maximum Gasteiger partial charge on any atom is 0.0931 e. The van der Waals surface area contributed by atoms with Crippen LogP contribution in [0.5, 0.6) is 0 Å². The van der Waals surface area contributed by atoms with Crippen molar-refractivity contribution in [3.05, 3.63) is 11.8 Å². The summed E-state index contributed by atoms with van der Waals surface area (Å²) in [5.74, 6) is 0. The van der Waals surface area contributed by atoms with E-state index in [2.05, 4.69) is 0 Å². The molecule has 0 fully saturated rings. The topological polar surface area (TPSA) is 35.2 Å². The van der Waals surface area contributed by atoms with Gasteiger partial charge >= 0.3 is 0 Å². The van der Waals surface area contributed by atoms with Gasteiger partial charge < -0.3 is 10.5 Å². The highest BCUT2D eigenvalue weighted by Gasteiger charge is 1.98. The van der Waals surface area contributed by atoms with E-state index in [0.29, 0.717) is 0 Å². The fourth-order valence-corrected chi connectivity index (χ4v) is 0.371. The second-order valence-corrected chi connectivity index (χ2v) is 1.67. The zero-order chi connectivity index (χ0) is 6.57. The summed E-state index contributed by atoms with van der Waals surface area (Å²) in [5.41, 5.74) is 6.25. The van der Waals surface area contributed by atoms with E-state index in [-0.39, 0.29) is 6.10 Å². The number of ether oxygens (including phenoxy) is 1. The van der Waals surface area contributed by atoms with Crippen molar-refractivity contribution < 1.29 is 4.74 Å². The Morgan fingerprint density at radius 1 is 1.75 bits per heavy atom. The Balaban J connectivity index is 3.63. The van der Waals surface area contributed by atoms with Gasteiger partial charge in [-0.1, -0.05) is 6.08 Å². The standard InChI is InChI=1S/C6H13NO/c1-4-6(7)5(2)8-3/h4-5H,7H2,1-3H3/b6-4+. The van der Waals surface area contributed by atoms with Crippen LogP contribution in [-0.2, 0) is 4.74 Å². The Labute approximate surface area is 50.3 Å². The van der Waals surface area contributed by atoms with Crippen molar-refractivity contribution >= 4 is 0 Å². The Morgan fingerprint density at radius 3 is 2.38 bits per heavy atom. The Hall–Kier alpha value is -0.500. The summed E-state index contributed by atoms with van der Waals surface area (Å²) in [6, 6.07) is 0. The van der Waals surface area contributed by atoms with Gasteiger partial charge in [0.1, 0.15) is 0 Å². The van der Waals surface area contributed by atoms with Crippen molar-refractivity contribution in [2.45, 2.75) is 20.0 Å². The van der Waals surface area contributed by atoms with Crippen LogP contribution in [0.4, 0.5) is 0 Å². The molecule has 0 saturated heterocycles. The highest BCUT2D eigenvalue weighted by atomic mass is 16.5. The smallest absolute Gasteiger partial charge is 0.0931 e. The molecule has 0 rings (SSSR count). The van der Waals surface area contributed by atoms with Gasteiger partial charge in [-0.15, -0.1) is 0 Å². The van der Waals surface area contributed by atoms with Crippen LogP contribution >= 0.6 is 0 Å². The maximum absolute atomic E-state index is 5.46. The maximum atomic E-state index is 5.46. The number of allylic oxidation sites excluding steroid dienone is 1. The average molecular weight is 115 g/mol. The monoisotopic (exact) mass is 115 g/mol. The summed E-state index contributed by atoms with van der Waals surface area (Å²) in [4.78, 5) is 0. The van der Waals surface area contributed by atoms with Crippen molar-refractivity contribution in [2.24, 2.45) is 5.73 Å². The SMILES string of the molecule is C/C=C(/N)C(C)OC. The van der Waals surface area contributed by atoms with Crippen LogP contribution < -0.4 is 5.73 Å². The molecule has 1 unspecified atom stereocenters. The summed E-state index contributed by atoms with van der Waals surface area (Å²) >= 11 is 0. The van der Waals surface area contributed by atoms with Gasteiger partial charge in [-0.2, -0.15) is 0 Å². The summed E-state index contributed by atoms with van der Waals surface area (Å²) in [6.45, 7) is 3.81. The normalized spacial score (nSPS) is 16.1. The molecule has 0 bridgehead atoms. The zero-order valence-electron chi connectivity index (χ0n) is 5.64. The molecule has 0 aliphatic carbocycles. The van der Waals surface area contributed by atoms with Crippen molar-refractivity contribution in [3.63, 3.8) is 0 Å². The first kappa shape index (κ1) is 7.50. The van der Waals surface area contributed by atoms with E-state index in [0.717, 1.165) is 5.70 Å². The minimum atomic E-state index is 0.0556. The summed E-state index contributed by atoms with van der Waals surface area (Å²) < 4.78 is 4.91. The molecule has 0 amide bonds. The third-order valence-corrected chi connectivity index (χ3v) is 1.16. The third kappa shape index (κ3) is 1.98. The number of hydrogen-bond acceptors (Lipinski definition) is 2. The van der Waals surface area contributed by atoms with Gasteiger partial charge in [0.25, 0.3) is 0 Å². The van der Waals surface area contributed by atoms with E-state index in [9.17, 15) is 0 Å². The Morgan fingerprint density at radius 2 is 2.25 bits per heavy atom. The molecule has 0 heterocycles. The highest BCUT2D eigenvalue weighted by molar-refractivity contribution is 4.99. The van der Waals surface area contributed by atoms with Crippen molar-refractivity contribution in [1.82, 2.24) is 0 Å². The molecule has 0 aromatic carbocycles. The third-order valence-electron chi connectivity index (χ3n) is 1.16. The van der Waals surface area contributed by atoms with Gasteiger partial charge in [0.05, 0.1) is 6.10 Å². The summed E-state index contributed by atoms with van der Waals surface area (Å²) in [5, 5.41) is 0. The van der Waals surface area contributed by atoms with E-state index in [1.165, 1.54) is 0 Å². The van der Waals surface area contributed by atoms with Gasteiger partial charge in [-0.05, 0) is 13.8 Å². The van der Waals surface area contributed by atoms with Crippen LogP contribution in [0.1, 0.15) is 13.8 Å². The van der Waals surface area contributed by atoms with Crippen LogP contribution in [0.15, 0.2) is 11.8 Å². The number of hydrogen-bond donors (Lipinski definition) is 1. The molecule has 0 aliphatic heterocycles. The largest absolute Gasteiger partial charge is 0.400 e. The van der Waals surface area contributed by atoms with E-state index < -0.39 is 0 Å². The van der Waals surface area contributed by atoms with Gasteiger partial charge in [0.15, 0.2) is 0 Å². The molecule has 0 aliphatic rings. The summed E-state index contributed by atoms with van der Waals surface area (Å²) in [7, 11) is 1.64. The lowest BCUT2D eigenvalue weighted by Gasteiger charge is -2.07. The van der Waals surface area contributed by atoms with Crippen LogP contribution in [-0.4, -0.2) is 13.2 Å². The predicted octanol–water partition coefficient (Wildman–Crippen LogP) is 0.884. The molecule has 0 radical (unpaired) electrons. The van der Waals surface area contributed by atoms with Gasteiger partial charge in [0.2, 0.25) is 0 Å². The van der Waals surface area contributed by atoms with E-state index in [4.69, 9.17) is 10.5 Å². The average Bonchev–Trinajstić information content (AvgIpc) is 1.84. The van der Waals surface area contributed by atoms with Crippen molar-refractivity contribution in [3.8, 4) is 0 Å². The van der Waals surface area contributed by atoms with Crippen LogP contribution in [0.3, 0.4) is 0 Å². The molecule has 48 valence electrons. The first-order valence-electron chi connectivity index (χ1n) is 2.66. The lowest BCUT2D eigenvalue weighted by atomic mass is 10.3. The molecule has 0 aromatic rings. The molecular weight excluding hydrogens is 102 g/mol. The highest BCUT2D eigenvalue weighted by Crippen LogP contribution is 1.95. The van der Waals surface area contributed by atoms with Crippen molar-refractivity contribution in [1.29, 1.82) is 0 Å². The Bertz CT molecular complexity index is 88.5. The molecule has 2 N–H and O–H groups in total. The fraction of sp³-hybridized carbons (Fsp3) is 0.667. The predicted molar refractivity (Wildman–Crippen MR) is 34.4 cm³/mol.